The van der Waals surface area contributed by atoms with E-state index in [1.54, 1.807) is 7.11 Å². The highest BCUT2D eigenvalue weighted by Crippen LogP contribution is 2.37. The van der Waals surface area contributed by atoms with Crippen molar-refractivity contribution in [1.29, 1.82) is 0 Å². The monoisotopic (exact) mass is 311 g/mol. The topological polar surface area (TPSA) is 47.6 Å². The van der Waals surface area contributed by atoms with Gasteiger partial charge in [-0.15, -0.1) is 0 Å². The van der Waals surface area contributed by atoms with Crippen molar-refractivity contribution in [3.05, 3.63) is 54.1 Å². The van der Waals surface area contributed by atoms with Gasteiger partial charge in [0.05, 0.1) is 7.11 Å². The predicted octanol–water partition coefficient (Wildman–Crippen LogP) is 2.86. The van der Waals surface area contributed by atoms with Crippen LogP contribution in [0.15, 0.2) is 43.0 Å². The number of ether oxygens (including phenoxy) is 2. The standard InChI is InChI=1S/C19H21NO3/c1-4-13-9-15(10-14-7-5-6-8-16(13)14)19(23-3)11-17(20-12-19)18(21)22-2/h4-10,17,20H,1,11-12H2,2-3H3/t17-,19-/m0/s1. The van der Waals surface area contributed by atoms with Gasteiger partial charge in [-0.2, -0.15) is 0 Å². The van der Waals surface area contributed by atoms with Crippen molar-refractivity contribution in [3.63, 3.8) is 0 Å². The molecule has 1 aliphatic heterocycles. The van der Waals surface area contributed by atoms with Gasteiger partial charge in [-0.3, -0.25) is 4.79 Å². The minimum absolute atomic E-state index is 0.256. The van der Waals surface area contributed by atoms with Crippen molar-refractivity contribution in [2.75, 3.05) is 20.8 Å². The maximum absolute atomic E-state index is 11.8. The molecule has 0 radical (unpaired) electrons. The number of hydrogen-bond acceptors (Lipinski definition) is 4. The second-order valence-electron chi connectivity index (χ2n) is 5.85. The Morgan fingerprint density at radius 1 is 1.35 bits per heavy atom. The molecular weight excluding hydrogens is 290 g/mol. The first-order valence-corrected chi connectivity index (χ1v) is 7.65. The van der Waals surface area contributed by atoms with Crippen LogP contribution in [0.25, 0.3) is 16.8 Å². The molecular formula is C19H21NO3. The maximum Gasteiger partial charge on any atom is 0.322 e. The number of benzene rings is 2. The first-order chi connectivity index (χ1) is 11.1. The highest BCUT2D eigenvalue weighted by Gasteiger charge is 2.44. The Balaban J connectivity index is 2.07. The third-order valence-electron chi connectivity index (χ3n) is 4.68. The first-order valence-electron chi connectivity index (χ1n) is 7.65. The van der Waals surface area contributed by atoms with E-state index in [0.717, 1.165) is 21.9 Å². The molecule has 1 saturated heterocycles. The van der Waals surface area contributed by atoms with Crippen LogP contribution in [0.5, 0.6) is 0 Å². The van der Waals surface area contributed by atoms with Crippen LogP contribution in [-0.4, -0.2) is 32.8 Å². The number of esters is 1. The Morgan fingerprint density at radius 3 is 2.83 bits per heavy atom. The van der Waals surface area contributed by atoms with Crippen LogP contribution >= 0.6 is 0 Å². The average molecular weight is 311 g/mol. The zero-order valence-electron chi connectivity index (χ0n) is 13.5. The highest BCUT2D eigenvalue weighted by molar-refractivity contribution is 5.91. The molecule has 4 heteroatoms. The van der Waals surface area contributed by atoms with Crippen LogP contribution in [0.2, 0.25) is 0 Å². The molecule has 0 saturated carbocycles. The Morgan fingerprint density at radius 2 is 2.13 bits per heavy atom. The molecule has 0 bridgehead atoms. The Kier molecular flexibility index (Phi) is 4.20. The van der Waals surface area contributed by atoms with Crippen molar-refractivity contribution >= 4 is 22.8 Å². The fraction of sp³-hybridized carbons (Fsp3) is 0.316. The second kappa shape index (κ2) is 6.14. The van der Waals surface area contributed by atoms with E-state index in [1.165, 1.54) is 7.11 Å². The zero-order valence-corrected chi connectivity index (χ0v) is 13.5. The smallest absolute Gasteiger partial charge is 0.322 e. The summed E-state index contributed by atoms with van der Waals surface area (Å²) in [5, 5.41) is 5.50. The van der Waals surface area contributed by atoms with Gasteiger partial charge in [0.2, 0.25) is 0 Å². The number of rotatable bonds is 4. The zero-order chi connectivity index (χ0) is 16.4. The van der Waals surface area contributed by atoms with Crippen LogP contribution in [-0.2, 0) is 19.9 Å². The molecule has 4 nitrogen and oxygen atoms in total. The number of methoxy groups -OCH3 is 2. The lowest BCUT2D eigenvalue weighted by Crippen LogP contribution is -2.31. The molecule has 1 N–H and O–H groups in total. The molecule has 0 amide bonds. The molecule has 120 valence electrons. The molecule has 1 fully saturated rings. The first kappa shape index (κ1) is 15.7. The van der Waals surface area contributed by atoms with Gasteiger partial charge in [0.1, 0.15) is 11.6 Å². The number of carbonyl (C=O) groups excluding carboxylic acids is 1. The molecule has 0 aromatic heterocycles. The van der Waals surface area contributed by atoms with Gasteiger partial charge in [-0.1, -0.05) is 36.9 Å². The van der Waals surface area contributed by atoms with E-state index in [0.29, 0.717) is 13.0 Å². The molecule has 23 heavy (non-hydrogen) atoms. The van der Waals surface area contributed by atoms with E-state index in [4.69, 9.17) is 9.47 Å². The van der Waals surface area contributed by atoms with Crippen LogP contribution in [0, 0.1) is 0 Å². The van der Waals surface area contributed by atoms with E-state index in [-0.39, 0.29) is 12.0 Å². The summed E-state index contributed by atoms with van der Waals surface area (Å²) in [5.41, 5.74) is 1.57. The summed E-state index contributed by atoms with van der Waals surface area (Å²) in [6.07, 6.45) is 2.40. The van der Waals surface area contributed by atoms with Crippen LogP contribution in [0.3, 0.4) is 0 Å². The summed E-state index contributed by atoms with van der Waals surface area (Å²) in [6.45, 7) is 4.49. The van der Waals surface area contributed by atoms with Gasteiger partial charge in [0, 0.05) is 20.1 Å². The van der Waals surface area contributed by atoms with Gasteiger partial charge in [0.25, 0.3) is 0 Å². The lowest BCUT2D eigenvalue weighted by Gasteiger charge is -2.28. The van der Waals surface area contributed by atoms with Crippen molar-refractivity contribution in [2.45, 2.75) is 18.1 Å². The van der Waals surface area contributed by atoms with Gasteiger partial charge < -0.3 is 14.8 Å². The molecule has 3 rings (SSSR count). The third-order valence-corrected chi connectivity index (χ3v) is 4.68. The van der Waals surface area contributed by atoms with Gasteiger partial charge in [-0.05, 0) is 34.0 Å². The Labute approximate surface area is 136 Å². The minimum Gasteiger partial charge on any atom is -0.468 e. The summed E-state index contributed by atoms with van der Waals surface area (Å²) in [5.74, 6) is -0.256. The SMILES string of the molecule is C=Cc1cc([C@@]2(OC)CN[C@H](C(=O)OC)C2)cc2ccccc12. The molecule has 2 aromatic carbocycles. The Hall–Kier alpha value is -2.17. The quantitative estimate of drug-likeness (QED) is 0.882. The molecule has 0 spiro atoms. The summed E-state index contributed by atoms with van der Waals surface area (Å²) >= 11 is 0. The van der Waals surface area contributed by atoms with E-state index in [9.17, 15) is 4.79 Å². The molecule has 2 atom stereocenters. The lowest BCUT2D eigenvalue weighted by atomic mass is 9.87. The largest absolute Gasteiger partial charge is 0.468 e. The summed E-state index contributed by atoms with van der Waals surface area (Å²) in [4.78, 5) is 11.8. The fourth-order valence-corrected chi connectivity index (χ4v) is 3.34. The molecule has 2 aromatic rings. The molecule has 1 heterocycles. The third kappa shape index (κ3) is 2.64. The lowest BCUT2D eigenvalue weighted by molar-refractivity contribution is -0.143. The highest BCUT2D eigenvalue weighted by atomic mass is 16.5. The predicted molar refractivity (Wildman–Crippen MR) is 91.1 cm³/mol. The van der Waals surface area contributed by atoms with Crippen molar-refractivity contribution in [3.8, 4) is 0 Å². The van der Waals surface area contributed by atoms with Crippen molar-refractivity contribution in [1.82, 2.24) is 5.32 Å². The van der Waals surface area contributed by atoms with Gasteiger partial charge >= 0.3 is 5.97 Å². The number of nitrogens with one attached hydrogen (secondary N) is 1. The molecule has 0 aliphatic carbocycles. The van der Waals surface area contributed by atoms with Crippen LogP contribution in [0.4, 0.5) is 0 Å². The van der Waals surface area contributed by atoms with E-state index in [2.05, 4.69) is 36.2 Å². The van der Waals surface area contributed by atoms with Gasteiger partial charge in [-0.25, -0.2) is 0 Å². The molecule has 1 aliphatic rings. The second-order valence-corrected chi connectivity index (χ2v) is 5.85. The number of hydrogen-bond donors (Lipinski definition) is 1. The summed E-state index contributed by atoms with van der Waals surface area (Å²) in [6, 6.07) is 12.1. The summed E-state index contributed by atoms with van der Waals surface area (Å²) in [7, 11) is 3.09. The van der Waals surface area contributed by atoms with E-state index < -0.39 is 5.60 Å². The molecule has 0 unspecified atom stereocenters. The summed E-state index contributed by atoms with van der Waals surface area (Å²) < 4.78 is 10.7. The normalized spacial score (nSPS) is 23.8. The van der Waals surface area contributed by atoms with Gasteiger partial charge in [0.15, 0.2) is 0 Å². The minimum atomic E-state index is -0.541. The van der Waals surface area contributed by atoms with E-state index >= 15 is 0 Å². The maximum atomic E-state index is 11.8. The Bertz CT molecular complexity index is 755. The fourth-order valence-electron chi connectivity index (χ4n) is 3.34. The van der Waals surface area contributed by atoms with Crippen molar-refractivity contribution < 1.29 is 14.3 Å². The van der Waals surface area contributed by atoms with Crippen LogP contribution in [0.1, 0.15) is 17.5 Å². The number of fused-ring (bicyclic) bond motifs is 1. The number of carbonyl (C=O) groups is 1. The van der Waals surface area contributed by atoms with E-state index in [1.807, 2.05) is 18.2 Å². The van der Waals surface area contributed by atoms with Crippen LogP contribution < -0.4 is 5.32 Å². The average Bonchev–Trinajstić information content (AvgIpc) is 3.06. The van der Waals surface area contributed by atoms with Crippen molar-refractivity contribution in [2.24, 2.45) is 0 Å².